The van der Waals surface area contributed by atoms with Crippen molar-refractivity contribution in [2.45, 2.75) is 32.2 Å². The second-order valence-electron chi connectivity index (χ2n) is 5.40. The van der Waals surface area contributed by atoms with Gasteiger partial charge >= 0.3 is 0 Å². The van der Waals surface area contributed by atoms with Crippen molar-refractivity contribution in [1.82, 2.24) is 9.80 Å². The quantitative estimate of drug-likeness (QED) is 0.745. The van der Waals surface area contributed by atoms with Crippen LogP contribution < -0.4 is 5.73 Å². The molecule has 2 unspecified atom stereocenters. The number of rotatable bonds is 4. The molecule has 0 aliphatic carbocycles. The number of hydrogen-bond donors (Lipinski definition) is 1. The summed E-state index contributed by atoms with van der Waals surface area (Å²) in [5.74, 6) is 0.904. The Hall–Kier alpha value is -0.120. The zero-order valence-electron chi connectivity index (χ0n) is 9.99. The standard InChI is InChI=1S/C12H25N3/c1-11(13)8-15-7-4-12(10-15)9-14-5-2-3-6-14/h11-12H,2-10,13H2,1H3. The molecular weight excluding hydrogens is 186 g/mol. The predicted octanol–water partition coefficient (Wildman–Crippen LogP) is 0.751. The van der Waals surface area contributed by atoms with Gasteiger partial charge in [0.25, 0.3) is 0 Å². The van der Waals surface area contributed by atoms with Gasteiger partial charge in [0.1, 0.15) is 0 Å². The number of hydrogen-bond acceptors (Lipinski definition) is 3. The predicted molar refractivity (Wildman–Crippen MR) is 63.9 cm³/mol. The zero-order chi connectivity index (χ0) is 10.7. The Bertz CT molecular complexity index is 187. The lowest BCUT2D eigenvalue weighted by molar-refractivity contribution is 0.259. The fourth-order valence-corrected chi connectivity index (χ4v) is 2.97. The van der Waals surface area contributed by atoms with E-state index in [0.29, 0.717) is 6.04 Å². The summed E-state index contributed by atoms with van der Waals surface area (Å²) in [4.78, 5) is 5.17. The third-order valence-electron chi connectivity index (χ3n) is 3.63. The summed E-state index contributed by atoms with van der Waals surface area (Å²) in [7, 11) is 0. The average Bonchev–Trinajstić information content (AvgIpc) is 2.77. The molecule has 0 bridgehead atoms. The summed E-state index contributed by atoms with van der Waals surface area (Å²) in [6, 6.07) is 0.329. The highest BCUT2D eigenvalue weighted by Gasteiger charge is 2.25. The molecule has 2 N–H and O–H groups in total. The molecule has 2 rings (SSSR count). The lowest BCUT2D eigenvalue weighted by Crippen LogP contribution is -2.35. The average molecular weight is 211 g/mol. The van der Waals surface area contributed by atoms with Crippen LogP contribution in [0.4, 0.5) is 0 Å². The van der Waals surface area contributed by atoms with E-state index >= 15 is 0 Å². The number of nitrogens with two attached hydrogens (primary N) is 1. The lowest BCUT2D eigenvalue weighted by Gasteiger charge is -2.21. The van der Waals surface area contributed by atoms with Gasteiger partial charge in [-0.15, -0.1) is 0 Å². The minimum absolute atomic E-state index is 0.329. The van der Waals surface area contributed by atoms with E-state index in [2.05, 4.69) is 16.7 Å². The molecule has 15 heavy (non-hydrogen) atoms. The fraction of sp³-hybridized carbons (Fsp3) is 1.00. The van der Waals surface area contributed by atoms with E-state index in [1.807, 2.05) is 0 Å². The molecule has 0 amide bonds. The van der Waals surface area contributed by atoms with Gasteiger partial charge in [0, 0.05) is 25.7 Å². The van der Waals surface area contributed by atoms with Gasteiger partial charge in [0.2, 0.25) is 0 Å². The van der Waals surface area contributed by atoms with Crippen molar-refractivity contribution in [3.05, 3.63) is 0 Å². The van der Waals surface area contributed by atoms with Gasteiger partial charge < -0.3 is 15.5 Å². The smallest absolute Gasteiger partial charge is 0.0139 e. The third-order valence-corrected chi connectivity index (χ3v) is 3.63. The van der Waals surface area contributed by atoms with Gasteiger partial charge in [0.15, 0.2) is 0 Å². The Morgan fingerprint density at radius 1 is 1.20 bits per heavy atom. The molecule has 0 radical (unpaired) electrons. The summed E-state index contributed by atoms with van der Waals surface area (Å²) in [6.45, 7) is 9.73. The molecule has 3 heteroatoms. The van der Waals surface area contributed by atoms with Gasteiger partial charge in [-0.05, 0) is 51.7 Å². The Morgan fingerprint density at radius 3 is 2.60 bits per heavy atom. The van der Waals surface area contributed by atoms with Crippen molar-refractivity contribution < 1.29 is 0 Å². The van der Waals surface area contributed by atoms with Crippen LogP contribution in [0, 0.1) is 5.92 Å². The Kier molecular flexibility index (Phi) is 4.00. The highest BCUT2D eigenvalue weighted by atomic mass is 15.2. The number of nitrogens with zero attached hydrogens (tertiary/aromatic N) is 2. The van der Waals surface area contributed by atoms with Crippen LogP contribution in [0.2, 0.25) is 0 Å². The molecule has 0 saturated carbocycles. The van der Waals surface area contributed by atoms with Gasteiger partial charge in [-0.3, -0.25) is 0 Å². The molecule has 2 fully saturated rings. The van der Waals surface area contributed by atoms with E-state index in [-0.39, 0.29) is 0 Å². The van der Waals surface area contributed by atoms with Crippen molar-refractivity contribution in [2.24, 2.45) is 11.7 Å². The molecule has 2 aliphatic heterocycles. The normalized spacial score (nSPS) is 31.2. The van der Waals surface area contributed by atoms with Crippen LogP contribution in [-0.2, 0) is 0 Å². The van der Waals surface area contributed by atoms with Gasteiger partial charge in [-0.2, -0.15) is 0 Å². The minimum atomic E-state index is 0.329. The minimum Gasteiger partial charge on any atom is -0.327 e. The molecule has 0 aromatic rings. The topological polar surface area (TPSA) is 32.5 Å². The van der Waals surface area contributed by atoms with E-state index in [1.54, 1.807) is 0 Å². The van der Waals surface area contributed by atoms with Crippen LogP contribution in [0.3, 0.4) is 0 Å². The highest BCUT2D eigenvalue weighted by Crippen LogP contribution is 2.19. The van der Waals surface area contributed by atoms with Crippen molar-refractivity contribution >= 4 is 0 Å². The molecule has 3 nitrogen and oxygen atoms in total. The van der Waals surface area contributed by atoms with Gasteiger partial charge in [-0.1, -0.05) is 0 Å². The summed E-state index contributed by atoms with van der Waals surface area (Å²) in [6.07, 6.45) is 4.20. The summed E-state index contributed by atoms with van der Waals surface area (Å²) in [5, 5.41) is 0. The summed E-state index contributed by atoms with van der Waals surface area (Å²) >= 11 is 0. The maximum atomic E-state index is 5.83. The second-order valence-corrected chi connectivity index (χ2v) is 5.40. The van der Waals surface area contributed by atoms with Crippen LogP contribution in [0.1, 0.15) is 26.2 Å². The SMILES string of the molecule is CC(N)CN1CCC(CN2CCCC2)C1. The van der Waals surface area contributed by atoms with E-state index in [0.717, 1.165) is 12.5 Å². The second kappa shape index (κ2) is 5.28. The van der Waals surface area contributed by atoms with E-state index in [1.165, 1.54) is 52.0 Å². The zero-order valence-corrected chi connectivity index (χ0v) is 9.99. The summed E-state index contributed by atoms with van der Waals surface area (Å²) < 4.78 is 0. The molecule has 2 aliphatic rings. The van der Waals surface area contributed by atoms with Crippen molar-refractivity contribution in [1.29, 1.82) is 0 Å². The van der Waals surface area contributed by atoms with Crippen LogP contribution >= 0.6 is 0 Å². The number of likely N-dealkylation sites (tertiary alicyclic amines) is 2. The first-order valence-corrected chi connectivity index (χ1v) is 6.44. The monoisotopic (exact) mass is 211 g/mol. The van der Waals surface area contributed by atoms with Gasteiger partial charge in [-0.25, -0.2) is 0 Å². The Labute approximate surface area is 93.6 Å². The van der Waals surface area contributed by atoms with Crippen molar-refractivity contribution in [3.63, 3.8) is 0 Å². The molecule has 88 valence electrons. The van der Waals surface area contributed by atoms with Crippen LogP contribution in [-0.4, -0.2) is 55.1 Å². The fourth-order valence-electron chi connectivity index (χ4n) is 2.97. The van der Waals surface area contributed by atoms with Crippen molar-refractivity contribution in [3.8, 4) is 0 Å². The molecule has 2 saturated heterocycles. The molecule has 0 spiro atoms. The maximum absolute atomic E-state index is 5.83. The molecule has 2 atom stereocenters. The molecule has 2 heterocycles. The van der Waals surface area contributed by atoms with E-state index in [4.69, 9.17) is 5.73 Å². The van der Waals surface area contributed by atoms with Crippen LogP contribution in [0.5, 0.6) is 0 Å². The largest absolute Gasteiger partial charge is 0.327 e. The Morgan fingerprint density at radius 2 is 1.93 bits per heavy atom. The summed E-state index contributed by atoms with van der Waals surface area (Å²) in [5.41, 5.74) is 5.83. The van der Waals surface area contributed by atoms with Gasteiger partial charge in [0.05, 0.1) is 0 Å². The first kappa shape index (κ1) is 11.4. The molecule has 0 aromatic carbocycles. The van der Waals surface area contributed by atoms with E-state index < -0.39 is 0 Å². The van der Waals surface area contributed by atoms with Crippen LogP contribution in [0.15, 0.2) is 0 Å². The first-order valence-electron chi connectivity index (χ1n) is 6.44. The first-order chi connectivity index (χ1) is 7.24. The molecule has 0 aromatic heterocycles. The van der Waals surface area contributed by atoms with E-state index in [9.17, 15) is 0 Å². The highest BCUT2D eigenvalue weighted by molar-refractivity contribution is 4.81. The van der Waals surface area contributed by atoms with Crippen molar-refractivity contribution in [2.75, 3.05) is 39.3 Å². The van der Waals surface area contributed by atoms with Crippen LogP contribution in [0.25, 0.3) is 0 Å². The lowest BCUT2D eigenvalue weighted by atomic mass is 10.1. The Balaban J connectivity index is 1.67. The third kappa shape index (κ3) is 3.44. The maximum Gasteiger partial charge on any atom is 0.0139 e. The molecular formula is C12H25N3.